The van der Waals surface area contributed by atoms with Crippen molar-refractivity contribution in [1.29, 1.82) is 0 Å². The van der Waals surface area contributed by atoms with Gasteiger partial charge in [0.1, 0.15) is 0 Å². The van der Waals surface area contributed by atoms with Crippen molar-refractivity contribution in [2.24, 2.45) is 11.7 Å². The van der Waals surface area contributed by atoms with Crippen LogP contribution in [0.25, 0.3) is 0 Å². The fourth-order valence-electron chi connectivity index (χ4n) is 3.28. The molecule has 1 aromatic rings. The van der Waals surface area contributed by atoms with Crippen molar-refractivity contribution in [2.45, 2.75) is 64.0 Å². The van der Waals surface area contributed by atoms with Gasteiger partial charge in [-0.25, -0.2) is 0 Å². The molecule has 0 aromatic heterocycles. The molecule has 0 saturated heterocycles. The second kappa shape index (κ2) is 7.98. The highest BCUT2D eigenvalue weighted by Gasteiger charge is 2.38. The van der Waals surface area contributed by atoms with Crippen LogP contribution in [0.5, 0.6) is 0 Å². The summed E-state index contributed by atoms with van der Waals surface area (Å²) in [5.41, 5.74) is 7.22. The fraction of sp³-hybridized carbons (Fsp3) is 0.611. The number of carbonyl (C=O) groups is 1. The normalized spacial score (nSPS) is 27.4. The number of rotatable bonds is 4. The Bertz CT molecular complexity index is 475. The molecule has 1 saturated carbocycles. The molecule has 2 rings (SSSR count). The Labute approximate surface area is 140 Å². The zero-order chi connectivity index (χ0) is 15.5. The van der Waals surface area contributed by atoms with E-state index in [-0.39, 0.29) is 35.8 Å². The van der Waals surface area contributed by atoms with Crippen molar-refractivity contribution < 1.29 is 4.79 Å². The molecule has 1 aliphatic carbocycles. The summed E-state index contributed by atoms with van der Waals surface area (Å²) in [7, 11) is 0. The summed E-state index contributed by atoms with van der Waals surface area (Å²) in [6.07, 6.45) is 4.08. The van der Waals surface area contributed by atoms with E-state index in [0.717, 1.165) is 25.7 Å². The van der Waals surface area contributed by atoms with Crippen LogP contribution in [0, 0.1) is 5.92 Å². The number of halogens is 1. The van der Waals surface area contributed by atoms with Gasteiger partial charge in [0.2, 0.25) is 5.91 Å². The zero-order valence-electron chi connectivity index (χ0n) is 13.8. The van der Waals surface area contributed by atoms with E-state index < -0.39 is 0 Å². The van der Waals surface area contributed by atoms with Gasteiger partial charge in [0, 0.05) is 17.5 Å². The molecule has 1 fully saturated rings. The van der Waals surface area contributed by atoms with E-state index in [2.05, 4.69) is 31.3 Å². The van der Waals surface area contributed by atoms with Crippen LogP contribution < -0.4 is 11.1 Å². The lowest BCUT2D eigenvalue weighted by Crippen LogP contribution is -2.54. The minimum Gasteiger partial charge on any atom is -0.353 e. The SMILES string of the molecule is CC(NC(=O)C1CCCCC1(C)N)C(C)c1ccccc1.Cl. The smallest absolute Gasteiger partial charge is 0.225 e. The van der Waals surface area contributed by atoms with E-state index >= 15 is 0 Å². The molecule has 0 bridgehead atoms. The van der Waals surface area contributed by atoms with Gasteiger partial charge in [-0.15, -0.1) is 12.4 Å². The van der Waals surface area contributed by atoms with Crippen molar-refractivity contribution in [3.63, 3.8) is 0 Å². The van der Waals surface area contributed by atoms with E-state index in [1.807, 2.05) is 25.1 Å². The quantitative estimate of drug-likeness (QED) is 0.888. The molecule has 4 unspecified atom stereocenters. The van der Waals surface area contributed by atoms with Gasteiger partial charge in [-0.2, -0.15) is 0 Å². The second-order valence-corrected chi connectivity index (χ2v) is 6.80. The molecule has 0 radical (unpaired) electrons. The maximum atomic E-state index is 12.6. The Morgan fingerprint density at radius 3 is 2.50 bits per heavy atom. The number of benzene rings is 1. The molecule has 0 aliphatic heterocycles. The number of carbonyl (C=O) groups excluding carboxylic acids is 1. The second-order valence-electron chi connectivity index (χ2n) is 6.80. The van der Waals surface area contributed by atoms with Crippen molar-refractivity contribution in [3.05, 3.63) is 35.9 Å². The number of amides is 1. The minimum atomic E-state index is -0.363. The molecule has 3 nitrogen and oxygen atoms in total. The lowest BCUT2D eigenvalue weighted by Gasteiger charge is -2.38. The third kappa shape index (κ3) is 4.47. The number of hydrogen-bond donors (Lipinski definition) is 2. The van der Waals surface area contributed by atoms with E-state index in [1.54, 1.807) is 0 Å². The van der Waals surface area contributed by atoms with Gasteiger partial charge >= 0.3 is 0 Å². The summed E-state index contributed by atoms with van der Waals surface area (Å²) in [5.74, 6) is 0.356. The lowest BCUT2D eigenvalue weighted by molar-refractivity contribution is -0.128. The molecule has 0 heterocycles. The van der Waals surface area contributed by atoms with Crippen LogP contribution in [0.15, 0.2) is 30.3 Å². The standard InChI is InChI=1S/C18H28N2O.ClH/c1-13(15-9-5-4-6-10-15)14(2)20-17(21)16-11-7-8-12-18(16,3)19;/h4-6,9-10,13-14,16H,7-8,11-12,19H2,1-3H3,(H,20,21);1H. The number of hydrogen-bond acceptors (Lipinski definition) is 2. The maximum Gasteiger partial charge on any atom is 0.225 e. The minimum absolute atomic E-state index is 0. The highest BCUT2D eigenvalue weighted by molar-refractivity contribution is 5.85. The first-order chi connectivity index (χ1) is 9.92. The summed E-state index contributed by atoms with van der Waals surface area (Å²) in [6.45, 7) is 6.25. The highest BCUT2D eigenvalue weighted by Crippen LogP contribution is 2.32. The molecule has 1 aliphatic rings. The van der Waals surface area contributed by atoms with Gasteiger partial charge in [0.05, 0.1) is 5.92 Å². The van der Waals surface area contributed by atoms with Crippen LogP contribution >= 0.6 is 12.4 Å². The van der Waals surface area contributed by atoms with E-state index in [4.69, 9.17) is 5.73 Å². The van der Waals surface area contributed by atoms with Gasteiger partial charge in [-0.05, 0) is 32.3 Å². The Morgan fingerprint density at radius 1 is 1.27 bits per heavy atom. The summed E-state index contributed by atoms with van der Waals surface area (Å²) in [5, 5.41) is 3.18. The van der Waals surface area contributed by atoms with E-state index in [1.165, 1.54) is 5.56 Å². The predicted molar refractivity (Wildman–Crippen MR) is 94.3 cm³/mol. The van der Waals surface area contributed by atoms with Crippen molar-refractivity contribution >= 4 is 18.3 Å². The largest absolute Gasteiger partial charge is 0.353 e. The third-order valence-electron chi connectivity index (χ3n) is 5.02. The molecule has 1 aromatic carbocycles. The molecule has 0 spiro atoms. The van der Waals surface area contributed by atoms with Gasteiger partial charge in [0.25, 0.3) is 0 Å². The van der Waals surface area contributed by atoms with Crippen LogP contribution in [-0.2, 0) is 4.79 Å². The van der Waals surface area contributed by atoms with E-state index in [0.29, 0.717) is 5.92 Å². The first-order valence-corrected chi connectivity index (χ1v) is 8.06. The first-order valence-electron chi connectivity index (χ1n) is 8.06. The Balaban J connectivity index is 0.00000242. The van der Waals surface area contributed by atoms with Gasteiger partial charge in [-0.3, -0.25) is 4.79 Å². The Kier molecular flexibility index (Phi) is 6.89. The molecule has 4 heteroatoms. The van der Waals surface area contributed by atoms with Crippen LogP contribution in [0.1, 0.15) is 57.9 Å². The predicted octanol–water partition coefficient (Wildman–Crippen LogP) is 3.62. The van der Waals surface area contributed by atoms with Crippen molar-refractivity contribution in [1.82, 2.24) is 5.32 Å². The lowest BCUT2D eigenvalue weighted by atomic mass is 9.74. The number of nitrogens with one attached hydrogen (secondary N) is 1. The van der Waals surface area contributed by atoms with Gasteiger partial charge < -0.3 is 11.1 Å². The topological polar surface area (TPSA) is 55.1 Å². The summed E-state index contributed by atoms with van der Waals surface area (Å²) in [4.78, 5) is 12.6. The monoisotopic (exact) mass is 324 g/mol. The zero-order valence-corrected chi connectivity index (χ0v) is 14.7. The molecular weight excluding hydrogens is 296 g/mol. The maximum absolute atomic E-state index is 12.6. The Hall–Kier alpha value is -1.06. The first kappa shape index (κ1) is 19.0. The van der Waals surface area contributed by atoms with Crippen LogP contribution in [0.3, 0.4) is 0 Å². The van der Waals surface area contributed by atoms with Crippen molar-refractivity contribution in [3.8, 4) is 0 Å². The summed E-state index contributed by atoms with van der Waals surface area (Å²) < 4.78 is 0. The van der Waals surface area contributed by atoms with Crippen LogP contribution in [-0.4, -0.2) is 17.5 Å². The van der Waals surface area contributed by atoms with Gasteiger partial charge in [-0.1, -0.05) is 50.1 Å². The van der Waals surface area contributed by atoms with E-state index in [9.17, 15) is 4.79 Å². The number of nitrogens with two attached hydrogens (primary N) is 1. The highest BCUT2D eigenvalue weighted by atomic mass is 35.5. The Morgan fingerprint density at radius 2 is 1.91 bits per heavy atom. The molecule has 124 valence electrons. The molecule has 4 atom stereocenters. The van der Waals surface area contributed by atoms with Crippen molar-refractivity contribution in [2.75, 3.05) is 0 Å². The molecule has 22 heavy (non-hydrogen) atoms. The van der Waals surface area contributed by atoms with Crippen LogP contribution in [0.2, 0.25) is 0 Å². The van der Waals surface area contributed by atoms with Gasteiger partial charge in [0.15, 0.2) is 0 Å². The molecular formula is C18H29ClN2O. The fourth-order valence-corrected chi connectivity index (χ4v) is 3.28. The average Bonchev–Trinajstić information content (AvgIpc) is 2.46. The molecule has 3 N–H and O–H groups in total. The third-order valence-corrected chi connectivity index (χ3v) is 5.02. The summed E-state index contributed by atoms with van der Waals surface area (Å²) >= 11 is 0. The average molecular weight is 325 g/mol. The summed E-state index contributed by atoms with van der Waals surface area (Å²) in [6, 6.07) is 10.4. The van der Waals surface area contributed by atoms with Crippen LogP contribution in [0.4, 0.5) is 0 Å². The molecule has 1 amide bonds.